The highest BCUT2D eigenvalue weighted by Crippen LogP contribution is 2.34. The summed E-state index contributed by atoms with van der Waals surface area (Å²) >= 11 is 0.639. The van der Waals surface area contributed by atoms with E-state index in [2.05, 4.69) is 10.6 Å². The summed E-state index contributed by atoms with van der Waals surface area (Å²) in [6.45, 7) is 3.07. The highest BCUT2D eigenvalue weighted by atomic mass is 32.2. The molecule has 0 unspecified atom stereocenters. The Bertz CT molecular complexity index is 1540. The van der Waals surface area contributed by atoms with Crippen LogP contribution in [0.2, 0.25) is 0 Å². The van der Waals surface area contributed by atoms with Crippen molar-refractivity contribution in [2.75, 3.05) is 30.4 Å². The van der Waals surface area contributed by atoms with Crippen LogP contribution in [0.15, 0.2) is 65.6 Å². The molecule has 12 heteroatoms. The minimum absolute atomic E-state index is 0.0596. The van der Waals surface area contributed by atoms with Gasteiger partial charge in [-0.1, -0.05) is 18.2 Å². The number of ether oxygens (including phenoxy) is 2. The predicted molar refractivity (Wildman–Crippen MR) is 151 cm³/mol. The van der Waals surface area contributed by atoms with Crippen molar-refractivity contribution in [2.45, 2.75) is 13.8 Å². The second-order valence-corrected chi connectivity index (χ2v) is 9.78. The molecule has 3 aromatic rings. The number of imide groups is 1. The van der Waals surface area contributed by atoms with Crippen LogP contribution in [0.1, 0.15) is 18.1 Å². The molecule has 0 aromatic heterocycles. The van der Waals surface area contributed by atoms with E-state index in [0.29, 0.717) is 47.2 Å². The van der Waals surface area contributed by atoms with E-state index in [-0.39, 0.29) is 23.1 Å². The van der Waals surface area contributed by atoms with Crippen LogP contribution in [0.25, 0.3) is 6.08 Å². The number of halogens is 2. The lowest BCUT2D eigenvalue weighted by Gasteiger charge is -2.13. The first kappa shape index (κ1) is 29.3. The fourth-order valence-corrected chi connectivity index (χ4v) is 4.62. The number of carbonyl (C=O) groups is 4. The van der Waals surface area contributed by atoms with Crippen molar-refractivity contribution < 1.29 is 37.4 Å². The van der Waals surface area contributed by atoms with Gasteiger partial charge in [-0.25, -0.2) is 8.78 Å². The largest absolute Gasteiger partial charge is 0.490 e. The maximum atomic E-state index is 13.8. The average molecular weight is 582 g/mol. The van der Waals surface area contributed by atoms with Gasteiger partial charge in [-0.05, 0) is 79.2 Å². The molecule has 0 aliphatic carbocycles. The number of hydrogen-bond donors (Lipinski definition) is 2. The van der Waals surface area contributed by atoms with Crippen molar-refractivity contribution >= 4 is 52.2 Å². The molecule has 0 radical (unpaired) electrons. The summed E-state index contributed by atoms with van der Waals surface area (Å²) in [4.78, 5) is 50.8. The van der Waals surface area contributed by atoms with Crippen molar-refractivity contribution in [2.24, 2.45) is 0 Å². The van der Waals surface area contributed by atoms with Crippen molar-refractivity contribution in [1.82, 2.24) is 4.90 Å². The number of thioether (sulfide) groups is 1. The maximum absolute atomic E-state index is 13.8. The number of rotatable bonds is 10. The van der Waals surface area contributed by atoms with Gasteiger partial charge >= 0.3 is 0 Å². The summed E-state index contributed by atoms with van der Waals surface area (Å²) in [6.07, 6.45) is 1.46. The van der Waals surface area contributed by atoms with E-state index in [1.165, 1.54) is 6.08 Å². The number of carbonyl (C=O) groups excluding carboxylic acids is 4. The molecule has 0 atom stereocenters. The molecular weight excluding hydrogens is 556 g/mol. The number of hydrogen-bond acceptors (Lipinski definition) is 7. The zero-order chi connectivity index (χ0) is 29.5. The van der Waals surface area contributed by atoms with E-state index >= 15 is 0 Å². The molecule has 0 saturated carbocycles. The molecule has 4 rings (SSSR count). The van der Waals surface area contributed by atoms with E-state index in [1.54, 1.807) is 31.2 Å². The van der Waals surface area contributed by atoms with Crippen LogP contribution in [0.5, 0.6) is 11.5 Å². The number of nitrogens with one attached hydrogen (secondary N) is 2. The number of amides is 4. The highest BCUT2D eigenvalue weighted by Gasteiger charge is 2.36. The lowest BCUT2D eigenvalue weighted by atomic mass is 10.2. The second-order valence-electron chi connectivity index (χ2n) is 8.79. The summed E-state index contributed by atoms with van der Waals surface area (Å²) in [5.74, 6) is -3.07. The van der Waals surface area contributed by atoms with Gasteiger partial charge in [-0.3, -0.25) is 24.1 Å². The quantitative estimate of drug-likeness (QED) is 0.310. The Labute approximate surface area is 238 Å². The van der Waals surface area contributed by atoms with E-state index in [0.717, 1.165) is 22.6 Å². The number of aryl methyl sites for hydroxylation is 1. The van der Waals surface area contributed by atoms with Crippen LogP contribution >= 0.6 is 11.8 Å². The first-order valence-electron chi connectivity index (χ1n) is 12.4. The first-order valence-corrected chi connectivity index (χ1v) is 13.2. The highest BCUT2D eigenvalue weighted by molar-refractivity contribution is 8.18. The van der Waals surface area contributed by atoms with E-state index in [4.69, 9.17) is 9.47 Å². The van der Waals surface area contributed by atoms with E-state index in [1.807, 2.05) is 25.1 Å². The van der Waals surface area contributed by atoms with Gasteiger partial charge in [-0.15, -0.1) is 0 Å². The van der Waals surface area contributed by atoms with Crippen LogP contribution < -0.4 is 20.1 Å². The summed E-state index contributed by atoms with van der Waals surface area (Å²) < 4.78 is 38.2. The van der Waals surface area contributed by atoms with Gasteiger partial charge in [0.2, 0.25) is 5.91 Å². The summed E-state index contributed by atoms with van der Waals surface area (Å²) in [5.41, 5.74) is 1.87. The van der Waals surface area contributed by atoms with Gasteiger partial charge in [0.25, 0.3) is 17.1 Å². The summed E-state index contributed by atoms with van der Waals surface area (Å²) in [5, 5.41) is 4.29. The topological polar surface area (TPSA) is 114 Å². The third-order valence-corrected chi connectivity index (χ3v) is 6.51. The van der Waals surface area contributed by atoms with Gasteiger partial charge in [0.1, 0.15) is 18.2 Å². The third kappa shape index (κ3) is 7.70. The zero-order valence-corrected chi connectivity index (χ0v) is 22.8. The molecule has 41 heavy (non-hydrogen) atoms. The van der Waals surface area contributed by atoms with Crippen LogP contribution in [0.4, 0.5) is 25.0 Å². The Hall–Kier alpha value is -4.71. The van der Waals surface area contributed by atoms with Gasteiger partial charge < -0.3 is 20.1 Å². The standard InChI is InChI=1S/C29H25F2N3O6S/c1-3-39-24-12-18(7-10-23(24)40-16-27(36)32-20-6-4-5-17(2)11-20)13-25-28(37)34(29(38)41-25)15-26(35)33-22-9-8-19(30)14-21(22)31/h4-14H,3,15-16H2,1-2H3,(H,32,36)(H,33,35)/b25-13+. The van der Waals surface area contributed by atoms with Crippen LogP contribution in [-0.4, -0.2) is 47.6 Å². The lowest BCUT2D eigenvalue weighted by Crippen LogP contribution is -2.36. The Morgan fingerprint density at radius 2 is 1.76 bits per heavy atom. The molecule has 1 heterocycles. The van der Waals surface area contributed by atoms with E-state index in [9.17, 15) is 28.0 Å². The van der Waals surface area contributed by atoms with Crippen molar-refractivity contribution in [3.63, 3.8) is 0 Å². The molecule has 1 aliphatic heterocycles. The number of nitrogens with zero attached hydrogens (tertiary/aromatic N) is 1. The average Bonchev–Trinajstić information content (AvgIpc) is 3.17. The molecule has 2 N–H and O–H groups in total. The zero-order valence-electron chi connectivity index (χ0n) is 22.0. The lowest BCUT2D eigenvalue weighted by molar-refractivity contribution is -0.127. The SMILES string of the molecule is CCOc1cc(/C=C2/SC(=O)N(CC(=O)Nc3ccc(F)cc3F)C2=O)ccc1OCC(=O)Nc1cccc(C)c1. The van der Waals surface area contributed by atoms with Crippen LogP contribution in [-0.2, 0) is 14.4 Å². The maximum Gasteiger partial charge on any atom is 0.294 e. The number of anilines is 2. The molecule has 1 aliphatic rings. The normalized spacial score (nSPS) is 13.9. The summed E-state index contributed by atoms with van der Waals surface area (Å²) in [6, 6.07) is 14.7. The fourth-order valence-electron chi connectivity index (χ4n) is 3.78. The van der Waals surface area contributed by atoms with Crippen molar-refractivity contribution in [3.05, 3.63) is 88.3 Å². The van der Waals surface area contributed by atoms with Gasteiger partial charge in [0.15, 0.2) is 18.1 Å². The summed E-state index contributed by atoms with van der Waals surface area (Å²) in [7, 11) is 0. The molecule has 0 bridgehead atoms. The second kappa shape index (κ2) is 13.1. The van der Waals surface area contributed by atoms with Gasteiger partial charge in [0.05, 0.1) is 17.2 Å². The smallest absolute Gasteiger partial charge is 0.294 e. The Kier molecular flexibility index (Phi) is 9.35. The van der Waals surface area contributed by atoms with Crippen LogP contribution in [0, 0.1) is 18.6 Å². The first-order chi connectivity index (χ1) is 19.6. The molecule has 4 amide bonds. The van der Waals surface area contributed by atoms with Crippen molar-refractivity contribution in [1.29, 1.82) is 0 Å². The van der Waals surface area contributed by atoms with Crippen molar-refractivity contribution in [3.8, 4) is 11.5 Å². The predicted octanol–water partition coefficient (Wildman–Crippen LogP) is 5.36. The molecule has 3 aromatic carbocycles. The minimum atomic E-state index is -0.989. The van der Waals surface area contributed by atoms with Gasteiger partial charge in [0, 0.05) is 11.8 Å². The molecule has 0 spiro atoms. The Morgan fingerprint density at radius 3 is 2.49 bits per heavy atom. The fraction of sp³-hybridized carbons (Fsp3) is 0.172. The number of benzene rings is 3. The molecule has 1 saturated heterocycles. The van der Waals surface area contributed by atoms with Gasteiger partial charge in [-0.2, -0.15) is 0 Å². The van der Waals surface area contributed by atoms with Crippen LogP contribution in [0.3, 0.4) is 0 Å². The third-order valence-electron chi connectivity index (χ3n) is 5.61. The molecule has 9 nitrogen and oxygen atoms in total. The monoisotopic (exact) mass is 581 g/mol. The molecule has 212 valence electrons. The Morgan fingerprint density at radius 1 is 0.951 bits per heavy atom. The molecular formula is C29H25F2N3O6S. The minimum Gasteiger partial charge on any atom is -0.490 e. The molecule has 1 fully saturated rings. The Balaban J connectivity index is 1.41. The van der Waals surface area contributed by atoms with E-state index < -0.39 is 35.2 Å².